The van der Waals surface area contributed by atoms with E-state index in [1.165, 1.54) is 0 Å². The Balaban J connectivity index is 1.84. The first-order valence-electron chi connectivity index (χ1n) is 6.66. The van der Waals surface area contributed by atoms with E-state index in [0.717, 1.165) is 11.3 Å². The zero-order chi connectivity index (χ0) is 15.1. The maximum atomic E-state index is 12.0. The number of rotatable bonds is 6. The molecule has 5 nitrogen and oxygen atoms in total. The second-order valence-corrected chi connectivity index (χ2v) is 4.51. The fourth-order valence-electron chi connectivity index (χ4n) is 1.75. The predicted molar refractivity (Wildman–Crippen MR) is 79.2 cm³/mol. The van der Waals surface area contributed by atoms with Crippen molar-refractivity contribution in [3.8, 4) is 11.5 Å². The molecule has 1 aromatic heterocycles. The van der Waals surface area contributed by atoms with Crippen LogP contribution in [0.15, 0.2) is 48.8 Å². The third kappa shape index (κ3) is 4.49. The van der Waals surface area contributed by atoms with Crippen molar-refractivity contribution in [1.82, 2.24) is 10.3 Å². The highest BCUT2D eigenvalue weighted by Gasteiger charge is 2.14. The smallest absolute Gasteiger partial charge is 0.261 e. The predicted octanol–water partition coefficient (Wildman–Crippen LogP) is 2.17. The lowest BCUT2D eigenvalue weighted by Crippen LogP contribution is -2.35. The van der Waals surface area contributed by atoms with Gasteiger partial charge in [-0.3, -0.25) is 9.78 Å². The van der Waals surface area contributed by atoms with Crippen LogP contribution in [0.2, 0.25) is 0 Å². The van der Waals surface area contributed by atoms with Gasteiger partial charge in [-0.2, -0.15) is 0 Å². The standard InChI is InChI=1S/C16H18N2O3/c1-12(21-15-7-5-14(20-2)6-8-15)16(19)18-11-13-4-3-9-17-10-13/h3-10,12H,11H2,1-2H3,(H,18,19)/t12-/m1/s1. The maximum Gasteiger partial charge on any atom is 0.261 e. The van der Waals surface area contributed by atoms with E-state index in [-0.39, 0.29) is 5.91 Å². The molecule has 0 bridgehead atoms. The van der Waals surface area contributed by atoms with Crippen molar-refractivity contribution in [2.75, 3.05) is 7.11 Å². The summed E-state index contributed by atoms with van der Waals surface area (Å²) in [4.78, 5) is 16.0. The van der Waals surface area contributed by atoms with Crippen molar-refractivity contribution in [2.45, 2.75) is 19.6 Å². The summed E-state index contributed by atoms with van der Waals surface area (Å²) in [6.07, 6.45) is 2.84. The van der Waals surface area contributed by atoms with E-state index in [0.29, 0.717) is 12.3 Å². The van der Waals surface area contributed by atoms with Gasteiger partial charge in [-0.1, -0.05) is 6.07 Å². The lowest BCUT2D eigenvalue weighted by atomic mass is 10.2. The molecule has 0 spiro atoms. The van der Waals surface area contributed by atoms with Gasteiger partial charge in [0.2, 0.25) is 0 Å². The molecule has 0 aliphatic rings. The van der Waals surface area contributed by atoms with Crippen LogP contribution in [0.5, 0.6) is 11.5 Å². The zero-order valence-corrected chi connectivity index (χ0v) is 12.1. The first-order valence-corrected chi connectivity index (χ1v) is 6.66. The molecule has 0 aliphatic heterocycles. The van der Waals surface area contributed by atoms with E-state index in [4.69, 9.17) is 9.47 Å². The molecule has 0 saturated carbocycles. The molecule has 0 radical (unpaired) electrons. The number of nitrogens with zero attached hydrogens (tertiary/aromatic N) is 1. The monoisotopic (exact) mass is 286 g/mol. The van der Waals surface area contributed by atoms with Gasteiger partial charge in [0.05, 0.1) is 7.11 Å². The van der Waals surface area contributed by atoms with Crippen LogP contribution in [0.3, 0.4) is 0 Å². The van der Waals surface area contributed by atoms with Gasteiger partial charge in [0.25, 0.3) is 5.91 Å². The first kappa shape index (κ1) is 14.8. The van der Waals surface area contributed by atoms with Crippen LogP contribution >= 0.6 is 0 Å². The summed E-state index contributed by atoms with van der Waals surface area (Å²) in [5, 5.41) is 2.81. The molecule has 2 rings (SSSR count). The molecule has 110 valence electrons. The SMILES string of the molecule is COc1ccc(O[C@H](C)C(=O)NCc2cccnc2)cc1. The second-order valence-electron chi connectivity index (χ2n) is 4.51. The summed E-state index contributed by atoms with van der Waals surface area (Å²) >= 11 is 0. The molecule has 1 atom stereocenters. The Morgan fingerprint density at radius 3 is 2.57 bits per heavy atom. The Morgan fingerprint density at radius 2 is 1.95 bits per heavy atom. The summed E-state index contributed by atoms with van der Waals surface area (Å²) in [5.41, 5.74) is 0.947. The third-order valence-electron chi connectivity index (χ3n) is 2.93. The van der Waals surface area contributed by atoms with Gasteiger partial charge in [-0.25, -0.2) is 0 Å². The van der Waals surface area contributed by atoms with Crippen LogP contribution in [0.25, 0.3) is 0 Å². The minimum atomic E-state index is -0.574. The molecule has 1 amide bonds. The van der Waals surface area contributed by atoms with Crippen LogP contribution in [0, 0.1) is 0 Å². The Morgan fingerprint density at radius 1 is 1.24 bits per heavy atom. The minimum Gasteiger partial charge on any atom is -0.497 e. The van der Waals surface area contributed by atoms with Gasteiger partial charge >= 0.3 is 0 Å². The molecular weight excluding hydrogens is 268 g/mol. The lowest BCUT2D eigenvalue weighted by molar-refractivity contribution is -0.127. The van der Waals surface area contributed by atoms with Crippen molar-refractivity contribution in [3.05, 3.63) is 54.4 Å². The van der Waals surface area contributed by atoms with Crippen LogP contribution in [0.1, 0.15) is 12.5 Å². The Bertz CT molecular complexity index is 570. The van der Waals surface area contributed by atoms with Gasteiger partial charge in [0, 0.05) is 18.9 Å². The van der Waals surface area contributed by atoms with Gasteiger partial charge in [0.1, 0.15) is 11.5 Å². The summed E-state index contributed by atoms with van der Waals surface area (Å²) < 4.78 is 10.6. The number of nitrogens with one attached hydrogen (secondary N) is 1. The highest BCUT2D eigenvalue weighted by molar-refractivity contribution is 5.80. The van der Waals surface area contributed by atoms with Crippen molar-refractivity contribution in [1.29, 1.82) is 0 Å². The molecule has 21 heavy (non-hydrogen) atoms. The number of benzene rings is 1. The minimum absolute atomic E-state index is 0.172. The highest BCUT2D eigenvalue weighted by Crippen LogP contribution is 2.18. The quantitative estimate of drug-likeness (QED) is 0.884. The lowest BCUT2D eigenvalue weighted by Gasteiger charge is -2.15. The molecule has 0 saturated heterocycles. The number of pyridine rings is 1. The number of hydrogen-bond donors (Lipinski definition) is 1. The molecular formula is C16H18N2O3. The van der Waals surface area contributed by atoms with Crippen molar-refractivity contribution < 1.29 is 14.3 Å². The molecule has 0 aliphatic carbocycles. The van der Waals surface area contributed by atoms with Crippen LogP contribution in [-0.2, 0) is 11.3 Å². The largest absolute Gasteiger partial charge is 0.497 e. The number of amides is 1. The van der Waals surface area contributed by atoms with Crippen LogP contribution in [-0.4, -0.2) is 24.1 Å². The number of carbonyl (C=O) groups excluding carboxylic acids is 1. The van der Waals surface area contributed by atoms with Crippen molar-refractivity contribution >= 4 is 5.91 Å². The van der Waals surface area contributed by atoms with Gasteiger partial charge in [0.15, 0.2) is 6.10 Å². The summed E-state index contributed by atoms with van der Waals surface area (Å²) in [7, 11) is 1.60. The van der Waals surface area contributed by atoms with E-state index in [9.17, 15) is 4.79 Å². The van der Waals surface area contributed by atoms with E-state index >= 15 is 0 Å². The molecule has 1 aromatic carbocycles. The van der Waals surface area contributed by atoms with Crippen molar-refractivity contribution in [2.24, 2.45) is 0 Å². The Kier molecular flexibility index (Phi) is 5.15. The molecule has 1 N–H and O–H groups in total. The summed E-state index contributed by atoms with van der Waals surface area (Å²) in [5.74, 6) is 1.20. The molecule has 2 aromatic rings. The summed E-state index contributed by atoms with van der Waals surface area (Å²) in [6, 6.07) is 10.8. The van der Waals surface area contributed by atoms with Gasteiger partial charge < -0.3 is 14.8 Å². The average Bonchev–Trinajstić information content (AvgIpc) is 2.54. The fourth-order valence-corrected chi connectivity index (χ4v) is 1.75. The van der Waals surface area contributed by atoms with E-state index in [1.54, 1.807) is 50.7 Å². The Labute approximate surface area is 123 Å². The second kappa shape index (κ2) is 7.28. The number of ether oxygens (including phenoxy) is 2. The highest BCUT2D eigenvalue weighted by atomic mass is 16.5. The van der Waals surface area contributed by atoms with Crippen LogP contribution < -0.4 is 14.8 Å². The molecule has 5 heteroatoms. The number of hydrogen-bond acceptors (Lipinski definition) is 4. The fraction of sp³-hybridized carbons (Fsp3) is 0.250. The zero-order valence-electron chi connectivity index (χ0n) is 12.1. The molecule has 0 unspecified atom stereocenters. The molecule has 1 heterocycles. The van der Waals surface area contributed by atoms with E-state index in [2.05, 4.69) is 10.3 Å². The number of carbonyl (C=O) groups is 1. The number of aromatic nitrogens is 1. The Hall–Kier alpha value is -2.56. The van der Waals surface area contributed by atoms with Gasteiger partial charge in [-0.05, 0) is 42.8 Å². The molecule has 0 fully saturated rings. The third-order valence-corrected chi connectivity index (χ3v) is 2.93. The first-order chi connectivity index (χ1) is 10.2. The van der Waals surface area contributed by atoms with E-state index < -0.39 is 6.10 Å². The van der Waals surface area contributed by atoms with Crippen molar-refractivity contribution in [3.63, 3.8) is 0 Å². The summed E-state index contributed by atoms with van der Waals surface area (Å²) in [6.45, 7) is 2.14. The topological polar surface area (TPSA) is 60.5 Å². The maximum absolute atomic E-state index is 12.0. The van der Waals surface area contributed by atoms with Gasteiger partial charge in [-0.15, -0.1) is 0 Å². The normalized spacial score (nSPS) is 11.5. The van der Waals surface area contributed by atoms with Crippen LogP contribution in [0.4, 0.5) is 0 Å². The van der Waals surface area contributed by atoms with E-state index in [1.807, 2.05) is 12.1 Å². The number of methoxy groups -OCH3 is 1. The average molecular weight is 286 g/mol.